The van der Waals surface area contributed by atoms with Gasteiger partial charge in [-0.25, -0.2) is 9.78 Å². The molecule has 0 radical (unpaired) electrons. The maximum absolute atomic E-state index is 11.4. The second kappa shape index (κ2) is 4.84. The first-order valence-corrected chi connectivity index (χ1v) is 6.89. The zero-order valence-corrected chi connectivity index (χ0v) is 11.8. The van der Waals surface area contributed by atoms with Crippen molar-refractivity contribution in [3.8, 4) is 17.0 Å². The third kappa shape index (κ3) is 2.28. The molecule has 7 heteroatoms. The molecular formula is C16H11N3O4. The zero-order valence-electron chi connectivity index (χ0n) is 11.8. The standard InChI is InChI=1S/C16H11N3O4/c20-15-8-23-13-3-1-9(5-11(13)18-15)12-7-19-6-10(16(21)22)2-4-14(19)17-12/h1-7H,8H2,(H,18,20)(H,21,22). The van der Waals surface area contributed by atoms with Crippen molar-refractivity contribution < 1.29 is 19.4 Å². The van der Waals surface area contributed by atoms with E-state index in [0.29, 0.717) is 22.8 Å². The highest BCUT2D eigenvalue weighted by Crippen LogP contribution is 2.32. The van der Waals surface area contributed by atoms with Gasteiger partial charge in [0, 0.05) is 18.0 Å². The Morgan fingerprint density at radius 3 is 2.96 bits per heavy atom. The lowest BCUT2D eigenvalue weighted by atomic mass is 10.1. The number of nitrogens with zero attached hydrogens (tertiary/aromatic N) is 2. The molecule has 7 nitrogen and oxygen atoms in total. The van der Waals surface area contributed by atoms with Crippen molar-refractivity contribution in [1.82, 2.24) is 9.38 Å². The Bertz CT molecular complexity index is 961. The van der Waals surface area contributed by atoms with Crippen LogP contribution in [0.15, 0.2) is 42.7 Å². The van der Waals surface area contributed by atoms with Crippen LogP contribution in [-0.2, 0) is 4.79 Å². The minimum Gasteiger partial charge on any atom is -0.482 e. The van der Waals surface area contributed by atoms with Crippen LogP contribution in [0.3, 0.4) is 0 Å². The number of nitrogens with one attached hydrogen (secondary N) is 1. The summed E-state index contributed by atoms with van der Waals surface area (Å²) in [6.45, 7) is 0.0126. The molecule has 0 bridgehead atoms. The Balaban J connectivity index is 1.78. The molecule has 0 fully saturated rings. The van der Waals surface area contributed by atoms with Gasteiger partial charge in [0.2, 0.25) is 0 Å². The number of hydrogen-bond acceptors (Lipinski definition) is 4. The van der Waals surface area contributed by atoms with Gasteiger partial charge in [0.25, 0.3) is 5.91 Å². The molecule has 0 saturated carbocycles. The van der Waals surface area contributed by atoms with Gasteiger partial charge in [0.05, 0.1) is 16.9 Å². The fourth-order valence-corrected chi connectivity index (χ4v) is 2.50. The largest absolute Gasteiger partial charge is 0.482 e. The highest BCUT2D eigenvalue weighted by atomic mass is 16.5. The van der Waals surface area contributed by atoms with E-state index in [-0.39, 0.29) is 18.1 Å². The Kier molecular flexibility index (Phi) is 2.80. The van der Waals surface area contributed by atoms with Crippen molar-refractivity contribution >= 4 is 23.2 Å². The topological polar surface area (TPSA) is 92.9 Å². The third-order valence-electron chi connectivity index (χ3n) is 3.61. The van der Waals surface area contributed by atoms with Crippen molar-refractivity contribution in [3.05, 3.63) is 48.3 Å². The summed E-state index contributed by atoms with van der Waals surface area (Å²) in [5.74, 6) is -0.572. The molecule has 4 rings (SSSR count). The summed E-state index contributed by atoms with van der Waals surface area (Å²) < 4.78 is 6.98. The van der Waals surface area contributed by atoms with Crippen molar-refractivity contribution in [1.29, 1.82) is 0 Å². The van der Waals surface area contributed by atoms with Gasteiger partial charge in [-0.2, -0.15) is 0 Å². The fourth-order valence-electron chi connectivity index (χ4n) is 2.50. The van der Waals surface area contributed by atoms with E-state index in [9.17, 15) is 9.59 Å². The Labute approximate surface area is 130 Å². The van der Waals surface area contributed by atoms with Crippen LogP contribution < -0.4 is 10.1 Å². The van der Waals surface area contributed by atoms with Gasteiger partial charge in [0.1, 0.15) is 11.4 Å². The molecule has 0 aliphatic carbocycles. The molecule has 0 saturated heterocycles. The second-order valence-electron chi connectivity index (χ2n) is 5.16. The summed E-state index contributed by atoms with van der Waals surface area (Å²) in [6, 6.07) is 8.56. The summed E-state index contributed by atoms with van der Waals surface area (Å²) in [7, 11) is 0. The van der Waals surface area contributed by atoms with Crippen LogP contribution in [0.4, 0.5) is 5.69 Å². The number of ether oxygens (including phenoxy) is 1. The number of aromatic carboxylic acids is 1. The maximum Gasteiger partial charge on any atom is 0.337 e. The van der Waals surface area contributed by atoms with Gasteiger partial charge in [0.15, 0.2) is 6.61 Å². The molecule has 1 aromatic carbocycles. The van der Waals surface area contributed by atoms with Gasteiger partial charge in [-0.1, -0.05) is 0 Å². The number of carbonyl (C=O) groups is 2. The predicted octanol–water partition coefficient (Wildman–Crippen LogP) is 2.03. The number of rotatable bonds is 2. The number of pyridine rings is 1. The van der Waals surface area contributed by atoms with Crippen molar-refractivity contribution in [2.24, 2.45) is 0 Å². The number of fused-ring (bicyclic) bond motifs is 2. The number of carbonyl (C=O) groups excluding carboxylic acids is 1. The van der Waals surface area contributed by atoms with E-state index in [4.69, 9.17) is 9.84 Å². The quantitative estimate of drug-likeness (QED) is 0.755. The normalized spacial score (nSPS) is 13.3. The average Bonchev–Trinajstić information content (AvgIpc) is 2.97. The number of carboxylic acids is 1. The highest BCUT2D eigenvalue weighted by Gasteiger charge is 2.17. The molecule has 1 aliphatic rings. The lowest BCUT2D eigenvalue weighted by molar-refractivity contribution is -0.118. The second-order valence-corrected chi connectivity index (χ2v) is 5.16. The van der Waals surface area contributed by atoms with E-state index in [1.807, 2.05) is 6.07 Å². The first kappa shape index (κ1) is 13.3. The average molecular weight is 309 g/mol. The van der Waals surface area contributed by atoms with E-state index in [1.165, 1.54) is 12.3 Å². The van der Waals surface area contributed by atoms with Crippen LogP contribution in [0, 0.1) is 0 Å². The summed E-state index contributed by atoms with van der Waals surface area (Å²) in [5, 5.41) is 11.8. The molecule has 23 heavy (non-hydrogen) atoms. The summed E-state index contributed by atoms with van der Waals surface area (Å²) in [6.07, 6.45) is 3.26. The van der Waals surface area contributed by atoms with E-state index in [1.54, 1.807) is 28.8 Å². The summed E-state index contributed by atoms with van der Waals surface area (Å²) in [4.78, 5) is 26.9. The van der Waals surface area contributed by atoms with E-state index in [0.717, 1.165) is 5.56 Å². The van der Waals surface area contributed by atoms with Crippen LogP contribution in [0.25, 0.3) is 16.9 Å². The monoisotopic (exact) mass is 309 g/mol. The number of benzene rings is 1. The van der Waals surface area contributed by atoms with Crippen LogP contribution in [0.5, 0.6) is 5.75 Å². The van der Waals surface area contributed by atoms with Gasteiger partial charge >= 0.3 is 5.97 Å². The van der Waals surface area contributed by atoms with Crippen LogP contribution >= 0.6 is 0 Å². The van der Waals surface area contributed by atoms with Gasteiger partial charge in [-0.3, -0.25) is 4.79 Å². The molecule has 2 aromatic heterocycles. The number of amides is 1. The Morgan fingerprint density at radius 1 is 1.26 bits per heavy atom. The molecule has 1 aliphatic heterocycles. The first-order valence-electron chi connectivity index (χ1n) is 6.89. The van der Waals surface area contributed by atoms with E-state index in [2.05, 4.69) is 10.3 Å². The van der Waals surface area contributed by atoms with Crippen molar-refractivity contribution in [2.75, 3.05) is 11.9 Å². The molecule has 2 N–H and O–H groups in total. The SMILES string of the molecule is O=C1COc2ccc(-c3cn4cc(C(=O)O)ccc4n3)cc2N1. The number of hydrogen-bond donors (Lipinski definition) is 2. The molecule has 1 amide bonds. The number of anilines is 1. The minimum absolute atomic E-state index is 0.0126. The molecule has 0 unspecified atom stereocenters. The molecule has 0 atom stereocenters. The Hall–Kier alpha value is -3.35. The lowest BCUT2D eigenvalue weighted by Gasteiger charge is -2.18. The van der Waals surface area contributed by atoms with Crippen LogP contribution in [0.2, 0.25) is 0 Å². The van der Waals surface area contributed by atoms with E-state index >= 15 is 0 Å². The number of imidazole rings is 1. The molecule has 114 valence electrons. The third-order valence-corrected chi connectivity index (χ3v) is 3.61. The lowest BCUT2D eigenvalue weighted by Crippen LogP contribution is -2.25. The maximum atomic E-state index is 11.4. The van der Waals surface area contributed by atoms with Crippen molar-refractivity contribution in [3.63, 3.8) is 0 Å². The smallest absolute Gasteiger partial charge is 0.337 e. The molecule has 3 heterocycles. The highest BCUT2D eigenvalue weighted by molar-refractivity contribution is 5.96. The first-order chi connectivity index (χ1) is 11.1. The summed E-state index contributed by atoms with van der Waals surface area (Å²) in [5.41, 5.74) is 2.91. The zero-order chi connectivity index (χ0) is 16.0. The van der Waals surface area contributed by atoms with E-state index < -0.39 is 5.97 Å². The Morgan fingerprint density at radius 2 is 2.13 bits per heavy atom. The predicted molar refractivity (Wildman–Crippen MR) is 81.7 cm³/mol. The van der Waals surface area contributed by atoms with Gasteiger partial charge in [-0.15, -0.1) is 0 Å². The summed E-state index contributed by atoms with van der Waals surface area (Å²) >= 11 is 0. The number of aromatic nitrogens is 2. The van der Waals surface area contributed by atoms with Gasteiger partial charge < -0.3 is 19.6 Å². The fraction of sp³-hybridized carbons (Fsp3) is 0.0625. The molecule has 0 spiro atoms. The van der Waals surface area contributed by atoms with Crippen molar-refractivity contribution in [2.45, 2.75) is 0 Å². The molecular weight excluding hydrogens is 298 g/mol. The van der Waals surface area contributed by atoms with Crippen LogP contribution in [-0.4, -0.2) is 33.0 Å². The number of carboxylic acid groups (broad SMARTS) is 1. The minimum atomic E-state index is -0.990. The van der Waals surface area contributed by atoms with Gasteiger partial charge in [-0.05, 0) is 30.3 Å². The van der Waals surface area contributed by atoms with Crippen LogP contribution in [0.1, 0.15) is 10.4 Å². The molecule has 3 aromatic rings.